The standard InChI is InChI=1S/C11H12F3NO2S/c12-11(13,14)18-7-9(15)10(16)17-6-8-4-2-1-3-5-8/h1-5,9H,6-7,15H2/t9-/m0/s1. The number of alkyl halides is 3. The van der Waals surface area contributed by atoms with Crippen molar-refractivity contribution >= 4 is 17.7 Å². The second kappa shape index (κ2) is 6.65. The van der Waals surface area contributed by atoms with Crippen molar-refractivity contribution in [1.29, 1.82) is 0 Å². The number of ether oxygens (including phenoxy) is 1. The number of nitrogens with two attached hydrogens (primary N) is 1. The van der Waals surface area contributed by atoms with Gasteiger partial charge in [-0.25, -0.2) is 0 Å². The van der Waals surface area contributed by atoms with E-state index in [9.17, 15) is 18.0 Å². The zero-order valence-corrected chi connectivity index (χ0v) is 10.1. The molecule has 0 heterocycles. The van der Waals surface area contributed by atoms with E-state index in [1.807, 2.05) is 0 Å². The quantitative estimate of drug-likeness (QED) is 0.840. The first-order valence-corrected chi connectivity index (χ1v) is 6.04. The molecule has 0 saturated heterocycles. The van der Waals surface area contributed by atoms with E-state index in [-0.39, 0.29) is 18.4 Å². The maximum atomic E-state index is 11.9. The number of esters is 1. The van der Waals surface area contributed by atoms with E-state index < -0.39 is 23.3 Å². The maximum absolute atomic E-state index is 11.9. The Hall–Kier alpha value is -1.21. The number of carbonyl (C=O) groups excluding carboxylic acids is 1. The molecule has 0 bridgehead atoms. The number of hydrogen-bond acceptors (Lipinski definition) is 4. The van der Waals surface area contributed by atoms with Gasteiger partial charge in [0.25, 0.3) is 0 Å². The number of benzene rings is 1. The molecule has 1 rings (SSSR count). The zero-order chi connectivity index (χ0) is 13.6. The largest absolute Gasteiger partial charge is 0.460 e. The fourth-order valence-corrected chi connectivity index (χ4v) is 1.59. The molecule has 0 saturated carbocycles. The highest BCUT2D eigenvalue weighted by Crippen LogP contribution is 2.30. The Labute approximate surface area is 106 Å². The Morgan fingerprint density at radius 2 is 1.94 bits per heavy atom. The highest BCUT2D eigenvalue weighted by molar-refractivity contribution is 8.00. The van der Waals surface area contributed by atoms with Gasteiger partial charge in [0, 0.05) is 5.75 Å². The van der Waals surface area contributed by atoms with Gasteiger partial charge in [-0.2, -0.15) is 13.2 Å². The second-order valence-corrected chi connectivity index (χ2v) is 4.54. The molecule has 0 amide bonds. The van der Waals surface area contributed by atoms with Gasteiger partial charge in [0.15, 0.2) is 0 Å². The van der Waals surface area contributed by atoms with E-state index in [0.717, 1.165) is 5.56 Å². The molecule has 0 aromatic heterocycles. The minimum Gasteiger partial charge on any atom is -0.460 e. The maximum Gasteiger partial charge on any atom is 0.441 e. The van der Waals surface area contributed by atoms with E-state index >= 15 is 0 Å². The molecule has 100 valence electrons. The van der Waals surface area contributed by atoms with Gasteiger partial charge in [-0.3, -0.25) is 4.79 Å². The van der Waals surface area contributed by atoms with Crippen LogP contribution in [0.5, 0.6) is 0 Å². The zero-order valence-electron chi connectivity index (χ0n) is 9.31. The lowest BCUT2D eigenvalue weighted by atomic mass is 10.2. The fraction of sp³-hybridized carbons (Fsp3) is 0.364. The van der Waals surface area contributed by atoms with Crippen LogP contribution in [-0.2, 0) is 16.1 Å². The number of carbonyl (C=O) groups is 1. The summed E-state index contributed by atoms with van der Waals surface area (Å²) < 4.78 is 40.5. The molecular formula is C11H12F3NO2S. The Kier molecular flexibility index (Phi) is 5.49. The molecule has 0 aliphatic rings. The smallest absolute Gasteiger partial charge is 0.441 e. The van der Waals surface area contributed by atoms with Crippen LogP contribution in [0.15, 0.2) is 30.3 Å². The van der Waals surface area contributed by atoms with Gasteiger partial charge in [0.05, 0.1) is 0 Å². The Morgan fingerprint density at radius 3 is 2.50 bits per heavy atom. The van der Waals surface area contributed by atoms with Crippen LogP contribution >= 0.6 is 11.8 Å². The third-order valence-electron chi connectivity index (χ3n) is 1.95. The van der Waals surface area contributed by atoms with Gasteiger partial charge in [-0.1, -0.05) is 30.3 Å². The molecule has 0 fully saturated rings. The summed E-state index contributed by atoms with van der Waals surface area (Å²) in [5.74, 6) is -1.38. The highest BCUT2D eigenvalue weighted by atomic mass is 32.2. The summed E-state index contributed by atoms with van der Waals surface area (Å²) in [6, 6.07) is 7.54. The summed E-state index contributed by atoms with van der Waals surface area (Å²) in [5, 5.41) is 0. The SMILES string of the molecule is N[C@@H](CSC(F)(F)F)C(=O)OCc1ccccc1. The predicted octanol–water partition coefficient (Wildman–Crippen LogP) is 2.31. The van der Waals surface area contributed by atoms with Crippen LogP contribution in [0, 0.1) is 0 Å². The van der Waals surface area contributed by atoms with Crippen LogP contribution in [0.1, 0.15) is 5.56 Å². The van der Waals surface area contributed by atoms with E-state index in [2.05, 4.69) is 0 Å². The third-order valence-corrected chi connectivity index (χ3v) is 2.81. The molecule has 2 N–H and O–H groups in total. The van der Waals surface area contributed by atoms with Gasteiger partial charge < -0.3 is 10.5 Å². The molecule has 18 heavy (non-hydrogen) atoms. The summed E-state index contributed by atoms with van der Waals surface area (Å²) in [4.78, 5) is 11.3. The lowest BCUT2D eigenvalue weighted by molar-refractivity contribution is -0.145. The first kappa shape index (κ1) is 14.8. The van der Waals surface area contributed by atoms with Crippen LogP contribution in [0.4, 0.5) is 13.2 Å². The van der Waals surface area contributed by atoms with E-state index in [1.165, 1.54) is 0 Å². The molecule has 0 radical (unpaired) electrons. The van der Waals surface area contributed by atoms with Gasteiger partial charge in [-0.15, -0.1) is 0 Å². The summed E-state index contributed by atoms with van der Waals surface area (Å²) in [7, 11) is 0. The summed E-state index contributed by atoms with van der Waals surface area (Å²) in [6.07, 6.45) is 0. The number of thioether (sulfide) groups is 1. The number of halogens is 3. The van der Waals surface area contributed by atoms with Gasteiger partial charge in [-0.05, 0) is 17.3 Å². The number of hydrogen-bond donors (Lipinski definition) is 1. The van der Waals surface area contributed by atoms with Crippen molar-refractivity contribution in [2.75, 3.05) is 5.75 Å². The van der Waals surface area contributed by atoms with Crippen LogP contribution in [-0.4, -0.2) is 23.3 Å². The second-order valence-electron chi connectivity index (χ2n) is 3.46. The van der Waals surface area contributed by atoms with Crippen molar-refractivity contribution in [3.8, 4) is 0 Å². The van der Waals surface area contributed by atoms with Crippen LogP contribution in [0.25, 0.3) is 0 Å². The minimum absolute atomic E-state index is 0.00403. The molecular weight excluding hydrogens is 267 g/mol. The summed E-state index contributed by atoms with van der Waals surface area (Å²) in [5.41, 5.74) is 1.65. The Morgan fingerprint density at radius 1 is 1.33 bits per heavy atom. The third kappa shape index (κ3) is 5.92. The average molecular weight is 279 g/mol. The van der Waals surface area contributed by atoms with Crippen molar-refractivity contribution in [3.63, 3.8) is 0 Å². The first-order chi connectivity index (χ1) is 8.38. The minimum atomic E-state index is -4.39. The predicted molar refractivity (Wildman–Crippen MR) is 62.7 cm³/mol. The normalized spacial score (nSPS) is 13.1. The molecule has 0 aliphatic heterocycles. The van der Waals surface area contributed by atoms with Crippen molar-refractivity contribution in [1.82, 2.24) is 0 Å². The van der Waals surface area contributed by atoms with Crippen LogP contribution < -0.4 is 5.73 Å². The molecule has 1 aromatic carbocycles. The van der Waals surface area contributed by atoms with Crippen LogP contribution in [0.3, 0.4) is 0 Å². The van der Waals surface area contributed by atoms with Gasteiger partial charge >= 0.3 is 11.5 Å². The lowest BCUT2D eigenvalue weighted by Crippen LogP contribution is -2.35. The van der Waals surface area contributed by atoms with Crippen molar-refractivity contribution in [2.45, 2.75) is 18.2 Å². The first-order valence-electron chi connectivity index (χ1n) is 5.05. The van der Waals surface area contributed by atoms with E-state index in [4.69, 9.17) is 10.5 Å². The summed E-state index contributed by atoms with van der Waals surface area (Å²) in [6.45, 7) is 0.00403. The molecule has 0 aliphatic carbocycles. The molecule has 0 unspecified atom stereocenters. The van der Waals surface area contributed by atoms with Crippen molar-refractivity contribution in [3.05, 3.63) is 35.9 Å². The van der Waals surface area contributed by atoms with Crippen molar-refractivity contribution < 1.29 is 22.7 Å². The lowest BCUT2D eigenvalue weighted by Gasteiger charge is -2.12. The molecule has 0 spiro atoms. The Bertz CT molecular complexity index is 384. The number of rotatable bonds is 5. The van der Waals surface area contributed by atoms with Crippen molar-refractivity contribution in [2.24, 2.45) is 5.73 Å². The molecule has 3 nitrogen and oxygen atoms in total. The summed E-state index contributed by atoms with van der Waals surface area (Å²) >= 11 is -0.334. The average Bonchev–Trinajstić information content (AvgIpc) is 2.33. The van der Waals surface area contributed by atoms with Gasteiger partial charge in [0.2, 0.25) is 0 Å². The molecule has 7 heteroatoms. The monoisotopic (exact) mass is 279 g/mol. The highest BCUT2D eigenvalue weighted by Gasteiger charge is 2.30. The fourth-order valence-electron chi connectivity index (χ4n) is 1.09. The topological polar surface area (TPSA) is 52.3 Å². The van der Waals surface area contributed by atoms with E-state index in [1.54, 1.807) is 30.3 Å². The molecule has 1 aromatic rings. The Balaban J connectivity index is 2.32. The van der Waals surface area contributed by atoms with E-state index in [0.29, 0.717) is 0 Å². The van der Waals surface area contributed by atoms with Gasteiger partial charge in [0.1, 0.15) is 12.6 Å². The molecule has 1 atom stereocenters. The van der Waals surface area contributed by atoms with Crippen LogP contribution in [0.2, 0.25) is 0 Å².